The number of ether oxygens (including phenoxy) is 1. The second-order valence-electron chi connectivity index (χ2n) is 5.29. The molecule has 0 amide bonds. The summed E-state index contributed by atoms with van der Waals surface area (Å²) < 4.78 is 5.38. The molecule has 1 aromatic rings. The highest BCUT2D eigenvalue weighted by Crippen LogP contribution is 2.29. The quantitative estimate of drug-likeness (QED) is 0.848. The van der Waals surface area contributed by atoms with Crippen LogP contribution in [0, 0.1) is 5.92 Å². The molecule has 5 heteroatoms. The van der Waals surface area contributed by atoms with E-state index in [9.17, 15) is 10.0 Å². The van der Waals surface area contributed by atoms with Gasteiger partial charge >= 0.3 is 5.97 Å². The number of rotatable bonds is 5. The van der Waals surface area contributed by atoms with Crippen LogP contribution < -0.4 is 0 Å². The molecule has 4 nitrogen and oxygen atoms in total. The molecule has 0 spiro atoms. The highest BCUT2D eigenvalue weighted by molar-refractivity contribution is 6.29. The molecular formula is C16H20ClNO3. The van der Waals surface area contributed by atoms with Crippen LogP contribution in [-0.4, -0.2) is 28.8 Å². The van der Waals surface area contributed by atoms with Gasteiger partial charge in [0.2, 0.25) is 0 Å². The van der Waals surface area contributed by atoms with E-state index in [0.29, 0.717) is 24.4 Å². The first kappa shape index (κ1) is 16.0. The van der Waals surface area contributed by atoms with Gasteiger partial charge in [-0.3, -0.25) is 4.79 Å². The summed E-state index contributed by atoms with van der Waals surface area (Å²) in [4.78, 5) is 12.3. The van der Waals surface area contributed by atoms with E-state index in [1.165, 1.54) is 5.06 Å². The number of hydrogen-bond acceptors (Lipinski definition) is 4. The van der Waals surface area contributed by atoms with Crippen LogP contribution in [0.4, 0.5) is 0 Å². The molecule has 2 atom stereocenters. The lowest BCUT2D eigenvalue weighted by Gasteiger charge is -2.36. The van der Waals surface area contributed by atoms with Crippen molar-refractivity contribution in [1.29, 1.82) is 0 Å². The minimum absolute atomic E-state index is 0.246. The maximum Gasteiger partial charge on any atom is 0.310 e. The summed E-state index contributed by atoms with van der Waals surface area (Å²) in [6, 6.07) is 9.18. The van der Waals surface area contributed by atoms with Gasteiger partial charge in [0.25, 0.3) is 0 Å². The number of carbonyl (C=O) groups is 1. The molecular weight excluding hydrogens is 290 g/mol. The van der Waals surface area contributed by atoms with Crippen molar-refractivity contribution in [2.24, 2.45) is 5.92 Å². The Labute approximate surface area is 129 Å². The fourth-order valence-electron chi connectivity index (χ4n) is 2.62. The predicted molar refractivity (Wildman–Crippen MR) is 80.9 cm³/mol. The molecule has 1 heterocycles. The largest absolute Gasteiger partial charge is 0.461 e. The van der Waals surface area contributed by atoms with Crippen LogP contribution in [0.15, 0.2) is 41.9 Å². The van der Waals surface area contributed by atoms with Crippen molar-refractivity contribution >= 4 is 17.6 Å². The van der Waals surface area contributed by atoms with Gasteiger partial charge in [0.05, 0.1) is 12.0 Å². The number of benzene rings is 1. The molecule has 0 unspecified atom stereocenters. The van der Waals surface area contributed by atoms with E-state index in [-0.39, 0.29) is 24.5 Å². The first-order valence-electron chi connectivity index (χ1n) is 7.07. The lowest BCUT2D eigenvalue weighted by Crippen LogP contribution is -2.46. The van der Waals surface area contributed by atoms with Crippen molar-refractivity contribution in [3.8, 4) is 0 Å². The van der Waals surface area contributed by atoms with Crippen molar-refractivity contribution in [2.45, 2.75) is 31.9 Å². The number of nitrogens with zero attached hydrogens (tertiary/aromatic N) is 1. The van der Waals surface area contributed by atoms with E-state index in [1.807, 2.05) is 30.3 Å². The minimum atomic E-state index is -0.372. The highest BCUT2D eigenvalue weighted by atomic mass is 35.5. The summed E-state index contributed by atoms with van der Waals surface area (Å²) in [7, 11) is 0. The molecule has 0 radical (unpaired) electrons. The van der Waals surface area contributed by atoms with Gasteiger partial charge in [-0.25, -0.2) is 0 Å². The highest BCUT2D eigenvalue weighted by Gasteiger charge is 2.36. The molecule has 1 fully saturated rings. The number of carbonyl (C=O) groups excluding carboxylic acids is 1. The van der Waals surface area contributed by atoms with Gasteiger partial charge in [-0.05, 0) is 18.4 Å². The maximum atomic E-state index is 12.3. The van der Waals surface area contributed by atoms with Gasteiger partial charge in [-0.1, -0.05) is 48.5 Å². The zero-order valence-corrected chi connectivity index (χ0v) is 12.6. The second-order valence-corrected chi connectivity index (χ2v) is 5.83. The number of halogens is 1. The van der Waals surface area contributed by atoms with Crippen molar-refractivity contribution in [3.63, 3.8) is 0 Å². The molecule has 1 saturated heterocycles. The molecule has 114 valence electrons. The Morgan fingerprint density at radius 3 is 2.81 bits per heavy atom. The molecule has 1 aliphatic rings. The number of piperidine rings is 1. The van der Waals surface area contributed by atoms with Gasteiger partial charge in [0, 0.05) is 18.0 Å². The topological polar surface area (TPSA) is 49.8 Å². The first-order chi connectivity index (χ1) is 10.1. The average Bonchev–Trinajstić information content (AvgIpc) is 2.47. The maximum absolute atomic E-state index is 12.3. The fourth-order valence-corrected chi connectivity index (χ4v) is 2.78. The Kier molecular flexibility index (Phi) is 5.79. The van der Waals surface area contributed by atoms with E-state index in [2.05, 4.69) is 6.58 Å². The van der Waals surface area contributed by atoms with Crippen molar-refractivity contribution in [3.05, 3.63) is 47.5 Å². The monoisotopic (exact) mass is 309 g/mol. The lowest BCUT2D eigenvalue weighted by atomic mass is 9.88. The Morgan fingerprint density at radius 1 is 1.43 bits per heavy atom. The van der Waals surface area contributed by atoms with Crippen molar-refractivity contribution in [1.82, 2.24) is 5.06 Å². The summed E-state index contributed by atoms with van der Waals surface area (Å²) in [5.74, 6) is -0.663. The number of hydroxylamine groups is 2. The zero-order chi connectivity index (χ0) is 15.2. The van der Waals surface area contributed by atoms with Crippen LogP contribution in [0.2, 0.25) is 0 Å². The standard InChI is InChI=1S/C16H20ClNO3/c1-12(17)10-15-14(8-5-9-18(15)20)16(19)21-11-13-6-3-2-4-7-13/h2-4,6-7,14-15,20H,1,5,8-11H2/t14-,15-/m1/s1. The number of hydrogen-bond donors (Lipinski definition) is 1. The van der Waals surface area contributed by atoms with Gasteiger partial charge in [-0.15, -0.1) is 0 Å². The van der Waals surface area contributed by atoms with Crippen LogP contribution in [-0.2, 0) is 16.1 Å². The molecule has 0 aliphatic carbocycles. The molecule has 2 rings (SSSR count). The Bertz CT molecular complexity index is 492. The molecule has 0 bridgehead atoms. The van der Waals surface area contributed by atoms with Crippen LogP contribution in [0.1, 0.15) is 24.8 Å². The summed E-state index contributed by atoms with van der Waals surface area (Å²) in [6.07, 6.45) is 1.83. The first-order valence-corrected chi connectivity index (χ1v) is 7.45. The smallest absolute Gasteiger partial charge is 0.310 e. The minimum Gasteiger partial charge on any atom is -0.461 e. The van der Waals surface area contributed by atoms with Crippen LogP contribution in [0.3, 0.4) is 0 Å². The van der Waals surface area contributed by atoms with Crippen molar-refractivity contribution in [2.75, 3.05) is 6.54 Å². The van der Waals surface area contributed by atoms with Gasteiger partial charge in [-0.2, -0.15) is 5.06 Å². The summed E-state index contributed by atoms with van der Waals surface area (Å²) >= 11 is 5.84. The molecule has 21 heavy (non-hydrogen) atoms. The van der Waals surface area contributed by atoms with Gasteiger partial charge in [0.1, 0.15) is 6.61 Å². The lowest BCUT2D eigenvalue weighted by molar-refractivity contribution is -0.181. The third-order valence-corrected chi connectivity index (χ3v) is 3.86. The van der Waals surface area contributed by atoms with Gasteiger partial charge in [0.15, 0.2) is 0 Å². The van der Waals surface area contributed by atoms with Crippen molar-refractivity contribution < 1.29 is 14.7 Å². The molecule has 1 N–H and O–H groups in total. The van der Waals surface area contributed by atoms with E-state index in [1.54, 1.807) is 0 Å². The summed E-state index contributed by atoms with van der Waals surface area (Å²) in [6.45, 7) is 4.43. The van der Waals surface area contributed by atoms with E-state index < -0.39 is 0 Å². The summed E-state index contributed by atoms with van der Waals surface area (Å²) in [5, 5.41) is 11.6. The van der Waals surface area contributed by atoms with E-state index in [4.69, 9.17) is 16.3 Å². The van der Waals surface area contributed by atoms with E-state index >= 15 is 0 Å². The Balaban J connectivity index is 1.96. The fraction of sp³-hybridized carbons (Fsp3) is 0.438. The zero-order valence-electron chi connectivity index (χ0n) is 11.9. The van der Waals surface area contributed by atoms with E-state index in [0.717, 1.165) is 12.0 Å². The third-order valence-electron chi connectivity index (χ3n) is 3.71. The van der Waals surface area contributed by atoms with Gasteiger partial charge < -0.3 is 9.94 Å². The molecule has 0 saturated carbocycles. The Morgan fingerprint density at radius 2 is 2.14 bits per heavy atom. The van der Waals surface area contributed by atoms with Crippen LogP contribution in [0.5, 0.6) is 0 Å². The third kappa shape index (κ3) is 4.56. The molecule has 1 aliphatic heterocycles. The number of esters is 1. The average molecular weight is 310 g/mol. The normalized spacial score (nSPS) is 22.8. The molecule has 1 aromatic carbocycles. The predicted octanol–water partition coefficient (Wildman–Crippen LogP) is 3.34. The summed E-state index contributed by atoms with van der Waals surface area (Å²) in [5.41, 5.74) is 0.945. The SMILES string of the molecule is C=C(Cl)C[C@@H]1[C@H](C(=O)OCc2ccccc2)CCCN1O. The van der Waals surface area contributed by atoms with Crippen LogP contribution >= 0.6 is 11.6 Å². The second kappa shape index (κ2) is 7.59. The van der Waals surface area contributed by atoms with Crippen LogP contribution in [0.25, 0.3) is 0 Å². The Hall–Kier alpha value is -1.36. The molecule has 0 aromatic heterocycles.